The number of amides is 1. The van der Waals surface area contributed by atoms with Gasteiger partial charge in [-0.3, -0.25) is 4.79 Å². The number of carbonyl (C=O) groups excluding carboxylic acids is 1. The summed E-state index contributed by atoms with van der Waals surface area (Å²) in [4.78, 5) is 23.0. The van der Waals surface area contributed by atoms with Gasteiger partial charge in [-0.25, -0.2) is 4.79 Å². The Morgan fingerprint density at radius 1 is 1.40 bits per heavy atom. The van der Waals surface area contributed by atoms with Crippen molar-refractivity contribution < 1.29 is 14.7 Å². The summed E-state index contributed by atoms with van der Waals surface area (Å²) in [7, 11) is 0. The molecule has 0 aromatic heterocycles. The van der Waals surface area contributed by atoms with E-state index in [1.165, 1.54) is 11.3 Å². The monoisotopic (exact) mass is 207 g/mol. The average Bonchev–Trinajstić information content (AvgIpc) is 2.20. The second-order valence-corrected chi connectivity index (χ2v) is 3.86. The normalized spacial score (nSPS) is 18.7. The van der Waals surface area contributed by atoms with Gasteiger partial charge in [-0.1, -0.05) is 19.3 Å². The van der Waals surface area contributed by atoms with E-state index in [1.807, 2.05) is 0 Å². The standard InChI is InChI=1S/C10H17NO3.Li.H/c1-8(10(13)14)11(7-12)9-5-3-2-4-6-9;;/h7-9H,2-6H2,1H3,(H,13,14);;. The third kappa shape index (κ3) is 3.88. The summed E-state index contributed by atoms with van der Waals surface area (Å²) in [5, 5.41) is 8.81. The predicted molar refractivity (Wildman–Crippen MR) is 59.0 cm³/mol. The molecule has 0 aromatic rings. The first-order valence-electron chi connectivity index (χ1n) is 5.12. The van der Waals surface area contributed by atoms with Crippen LogP contribution in [0, 0.1) is 0 Å². The van der Waals surface area contributed by atoms with Crippen molar-refractivity contribution in [2.24, 2.45) is 0 Å². The number of hydrogen-bond donors (Lipinski definition) is 1. The molecular formula is C10H18LiNO3. The van der Waals surface area contributed by atoms with Crippen LogP contribution in [0.15, 0.2) is 0 Å². The molecule has 0 aromatic carbocycles. The van der Waals surface area contributed by atoms with Gasteiger partial charge in [0.05, 0.1) is 0 Å². The van der Waals surface area contributed by atoms with Crippen LogP contribution >= 0.6 is 0 Å². The number of carboxylic acid groups (broad SMARTS) is 1. The van der Waals surface area contributed by atoms with E-state index in [9.17, 15) is 9.59 Å². The third-order valence-electron chi connectivity index (χ3n) is 2.92. The van der Waals surface area contributed by atoms with Crippen LogP contribution in [0.3, 0.4) is 0 Å². The van der Waals surface area contributed by atoms with Gasteiger partial charge < -0.3 is 10.0 Å². The van der Waals surface area contributed by atoms with Crippen molar-refractivity contribution in [3.63, 3.8) is 0 Å². The molecule has 1 atom stereocenters. The molecular weight excluding hydrogens is 189 g/mol. The summed E-state index contributed by atoms with van der Waals surface area (Å²) in [5.74, 6) is -0.928. The molecule has 1 unspecified atom stereocenters. The third-order valence-corrected chi connectivity index (χ3v) is 2.92. The Morgan fingerprint density at radius 2 is 1.93 bits per heavy atom. The van der Waals surface area contributed by atoms with Crippen molar-refractivity contribution in [2.75, 3.05) is 0 Å². The van der Waals surface area contributed by atoms with Gasteiger partial charge in [0.2, 0.25) is 6.41 Å². The van der Waals surface area contributed by atoms with Crippen LogP contribution in [-0.2, 0) is 9.59 Å². The Bertz CT molecular complexity index is 217. The Balaban J connectivity index is 0.00000196. The fraction of sp³-hybridized carbons (Fsp3) is 0.800. The van der Waals surface area contributed by atoms with Crippen LogP contribution in [0.4, 0.5) is 0 Å². The fourth-order valence-electron chi connectivity index (χ4n) is 2.00. The first kappa shape index (κ1) is 14.5. The number of hydrogen-bond acceptors (Lipinski definition) is 2. The van der Waals surface area contributed by atoms with E-state index in [2.05, 4.69) is 0 Å². The van der Waals surface area contributed by atoms with Crippen LogP contribution in [0.2, 0.25) is 0 Å². The van der Waals surface area contributed by atoms with E-state index in [4.69, 9.17) is 5.11 Å². The Kier molecular flexibility index (Phi) is 6.71. The van der Waals surface area contributed by atoms with Crippen LogP contribution < -0.4 is 0 Å². The Morgan fingerprint density at radius 3 is 2.33 bits per heavy atom. The molecule has 1 rings (SSSR count). The number of aliphatic carboxylic acids is 1. The SMILES string of the molecule is CC(C(=O)O)N(C=O)C1CCCCC1.[LiH]. The van der Waals surface area contributed by atoms with Gasteiger partial charge in [-0.15, -0.1) is 0 Å². The van der Waals surface area contributed by atoms with E-state index < -0.39 is 12.0 Å². The zero-order valence-electron chi connectivity index (χ0n) is 8.48. The van der Waals surface area contributed by atoms with Gasteiger partial charge in [0.15, 0.2) is 0 Å². The predicted octanol–water partition coefficient (Wildman–Crippen LogP) is 0.602. The second kappa shape index (κ2) is 6.92. The molecule has 15 heavy (non-hydrogen) atoms. The first-order chi connectivity index (χ1) is 6.66. The Labute approximate surface area is 102 Å². The molecule has 1 aliphatic carbocycles. The summed E-state index contributed by atoms with van der Waals surface area (Å²) >= 11 is 0. The maximum absolute atomic E-state index is 10.8. The van der Waals surface area contributed by atoms with Gasteiger partial charge in [0, 0.05) is 6.04 Å². The quantitative estimate of drug-likeness (QED) is 0.542. The van der Waals surface area contributed by atoms with Gasteiger partial charge in [-0.05, 0) is 19.8 Å². The number of rotatable bonds is 4. The van der Waals surface area contributed by atoms with Crippen LogP contribution in [0.25, 0.3) is 0 Å². The van der Waals surface area contributed by atoms with E-state index in [0.717, 1.165) is 25.7 Å². The minimum absolute atomic E-state index is 0. The van der Waals surface area contributed by atoms with Crippen molar-refractivity contribution in [1.29, 1.82) is 0 Å². The van der Waals surface area contributed by atoms with E-state index in [1.54, 1.807) is 6.92 Å². The van der Waals surface area contributed by atoms with Crippen molar-refractivity contribution in [3.8, 4) is 0 Å². The summed E-state index contributed by atoms with van der Waals surface area (Å²) < 4.78 is 0. The zero-order chi connectivity index (χ0) is 10.6. The number of nitrogens with zero attached hydrogens (tertiary/aromatic N) is 1. The molecule has 0 saturated heterocycles. The molecule has 0 spiro atoms. The molecule has 1 saturated carbocycles. The van der Waals surface area contributed by atoms with E-state index in [-0.39, 0.29) is 24.9 Å². The Hall–Kier alpha value is -0.463. The van der Waals surface area contributed by atoms with Crippen LogP contribution in [0.1, 0.15) is 39.0 Å². The van der Waals surface area contributed by atoms with Crippen molar-refractivity contribution in [3.05, 3.63) is 0 Å². The zero-order valence-corrected chi connectivity index (χ0v) is 8.48. The molecule has 82 valence electrons. The topological polar surface area (TPSA) is 57.6 Å². The maximum atomic E-state index is 10.8. The van der Waals surface area contributed by atoms with Gasteiger partial charge in [0.1, 0.15) is 6.04 Å². The molecule has 0 aliphatic heterocycles. The molecule has 1 N–H and O–H groups in total. The van der Waals surface area contributed by atoms with Gasteiger partial charge in [-0.2, -0.15) is 0 Å². The van der Waals surface area contributed by atoms with E-state index in [0.29, 0.717) is 6.41 Å². The molecule has 4 nitrogen and oxygen atoms in total. The average molecular weight is 207 g/mol. The fourth-order valence-corrected chi connectivity index (χ4v) is 2.00. The summed E-state index contributed by atoms with van der Waals surface area (Å²) in [6.07, 6.45) is 5.95. The molecule has 1 fully saturated rings. The summed E-state index contributed by atoms with van der Waals surface area (Å²) in [6.45, 7) is 1.56. The van der Waals surface area contributed by atoms with Crippen LogP contribution in [-0.4, -0.2) is 53.3 Å². The summed E-state index contributed by atoms with van der Waals surface area (Å²) in [5.41, 5.74) is 0. The minimum atomic E-state index is -0.928. The van der Waals surface area contributed by atoms with Gasteiger partial charge in [0.25, 0.3) is 0 Å². The number of carboxylic acids is 1. The molecule has 0 radical (unpaired) electrons. The van der Waals surface area contributed by atoms with E-state index >= 15 is 0 Å². The van der Waals surface area contributed by atoms with Crippen molar-refractivity contribution >= 4 is 31.2 Å². The van der Waals surface area contributed by atoms with Crippen molar-refractivity contribution in [1.82, 2.24) is 4.90 Å². The molecule has 0 bridgehead atoms. The summed E-state index contributed by atoms with van der Waals surface area (Å²) in [6, 6.07) is -0.567. The van der Waals surface area contributed by atoms with Gasteiger partial charge >= 0.3 is 24.8 Å². The molecule has 1 aliphatic rings. The van der Waals surface area contributed by atoms with Crippen molar-refractivity contribution in [2.45, 2.75) is 51.1 Å². The molecule has 1 amide bonds. The second-order valence-electron chi connectivity index (χ2n) is 3.86. The number of carbonyl (C=O) groups is 2. The van der Waals surface area contributed by atoms with Crippen LogP contribution in [0.5, 0.6) is 0 Å². The first-order valence-corrected chi connectivity index (χ1v) is 5.12. The molecule has 5 heteroatoms. The molecule has 0 heterocycles.